The maximum atomic E-state index is 5.97. The summed E-state index contributed by atoms with van der Waals surface area (Å²) in [6.45, 7) is 2.19. The van der Waals surface area contributed by atoms with Gasteiger partial charge in [-0.25, -0.2) is 0 Å². The fraction of sp³-hybridized carbons (Fsp3) is 0.500. The molecule has 1 aromatic rings. The van der Waals surface area contributed by atoms with Gasteiger partial charge in [-0.2, -0.15) is 0 Å². The van der Waals surface area contributed by atoms with E-state index in [1.54, 1.807) is 0 Å². The van der Waals surface area contributed by atoms with E-state index in [-0.39, 0.29) is 0 Å². The lowest BCUT2D eigenvalue weighted by molar-refractivity contribution is 0.315. The average Bonchev–Trinajstić information content (AvgIpc) is 2.67. The molecule has 1 aliphatic rings. The zero-order chi connectivity index (χ0) is 10.8. The van der Waals surface area contributed by atoms with Crippen LogP contribution in [0.2, 0.25) is 0 Å². The smallest absolute Gasteiger partial charge is 0.0600 e. The third kappa shape index (κ3) is 2.07. The van der Waals surface area contributed by atoms with Crippen LogP contribution in [0.25, 0.3) is 0 Å². The first-order valence-electron chi connectivity index (χ1n) is 5.44. The molecule has 1 unspecified atom stereocenters. The largest absolute Gasteiger partial charge is 0.397 e. The minimum Gasteiger partial charge on any atom is -0.397 e. The lowest BCUT2D eigenvalue weighted by Gasteiger charge is -2.22. The van der Waals surface area contributed by atoms with Gasteiger partial charge in [0.25, 0.3) is 0 Å². The number of benzene rings is 1. The molecule has 3 heteroatoms. The molecule has 0 aromatic heterocycles. The van der Waals surface area contributed by atoms with Gasteiger partial charge in [-0.1, -0.05) is 12.1 Å². The van der Waals surface area contributed by atoms with Crippen LogP contribution < -0.4 is 10.6 Å². The lowest BCUT2D eigenvalue weighted by atomic mass is 10.2. The first-order valence-corrected chi connectivity index (χ1v) is 5.44. The first-order chi connectivity index (χ1) is 7.18. The van der Waals surface area contributed by atoms with Gasteiger partial charge in [0.2, 0.25) is 0 Å². The molecule has 0 bridgehead atoms. The molecule has 15 heavy (non-hydrogen) atoms. The van der Waals surface area contributed by atoms with Crippen molar-refractivity contribution in [1.29, 1.82) is 0 Å². The summed E-state index contributed by atoms with van der Waals surface area (Å²) in [4.78, 5) is 4.67. The maximum absolute atomic E-state index is 5.97. The number of para-hydroxylation sites is 2. The van der Waals surface area contributed by atoms with E-state index in [1.165, 1.54) is 12.1 Å². The molecule has 3 nitrogen and oxygen atoms in total. The molecule has 0 spiro atoms. The molecule has 0 aliphatic carbocycles. The van der Waals surface area contributed by atoms with Crippen LogP contribution >= 0.6 is 0 Å². The minimum atomic E-state index is 0.657. The van der Waals surface area contributed by atoms with Crippen LogP contribution in [-0.2, 0) is 0 Å². The summed E-state index contributed by atoms with van der Waals surface area (Å²) in [5.74, 6) is 0. The summed E-state index contributed by atoms with van der Waals surface area (Å²) < 4.78 is 0. The van der Waals surface area contributed by atoms with Crippen molar-refractivity contribution in [2.24, 2.45) is 0 Å². The topological polar surface area (TPSA) is 32.5 Å². The van der Waals surface area contributed by atoms with E-state index in [0.717, 1.165) is 18.8 Å². The molecule has 82 valence electrons. The second-order valence-electron chi connectivity index (χ2n) is 4.41. The van der Waals surface area contributed by atoms with Gasteiger partial charge in [-0.15, -0.1) is 0 Å². The van der Waals surface area contributed by atoms with Crippen LogP contribution in [0.15, 0.2) is 24.3 Å². The normalized spacial score (nSPS) is 21.3. The van der Waals surface area contributed by atoms with Crippen molar-refractivity contribution in [3.8, 4) is 0 Å². The van der Waals surface area contributed by atoms with Crippen molar-refractivity contribution < 1.29 is 0 Å². The van der Waals surface area contributed by atoms with Gasteiger partial charge in [0.05, 0.1) is 11.4 Å². The quantitative estimate of drug-likeness (QED) is 0.741. The molecule has 1 atom stereocenters. The highest BCUT2D eigenvalue weighted by Crippen LogP contribution is 2.27. The average molecular weight is 205 g/mol. The van der Waals surface area contributed by atoms with E-state index in [4.69, 9.17) is 5.73 Å². The maximum Gasteiger partial charge on any atom is 0.0600 e. The lowest BCUT2D eigenvalue weighted by Crippen LogP contribution is -2.31. The van der Waals surface area contributed by atoms with Crippen molar-refractivity contribution in [2.45, 2.75) is 12.5 Å². The highest BCUT2D eigenvalue weighted by molar-refractivity contribution is 5.67. The van der Waals surface area contributed by atoms with E-state index in [2.05, 4.69) is 36.0 Å². The molecule has 1 fully saturated rings. The molecule has 2 N–H and O–H groups in total. The van der Waals surface area contributed by atoms with Crippen LogP contribution in [0.4, 0.5) is 11.4 Å². The van der Waals surface area contributed by atoms with Crippen molar-refractivity contribution in [2.75, 3.05) is 37.8 Å². The van der Waals surface area contributed by atoms with Crippen LogP contribution in [0.5, 0.6) is 0 Å². The monoisotopic (exact) mass is 205 g/mol. The Hall–Kier alpha value is -1.22. The standard InChI is InChI=1S/C12H19N3/c1-14(2)10-7-8-15(9-10)12-6-4-3-5-11(12)13/h3-6,10H,7-9,13H2,1-2H3. The Kier molecular flexibility index (Phi) is 2.82. The van der Waals surface area contributed by atoms with E-state index in [0.29, 0.717) is 6.04 Å². The Morgan fingerprint density at radius 2 is 2.07 bits per heavy atom. The molecular weight excluding hydrogens is 186 g/mol. The second-order valence-corrected chi connectivity index (χ2v) is 4.41. The molecule has 1 aromatic carbocycles. The molecular formula is C12H19N3. The number of nitrogens with zero attached hydrogens (tertiary/aromatic N) is 2. The molecule has 0 saturated carbocycles. The number of nitrogens with two attached hydrogens (primary N) is 1. The van der Waals surface area contributed by atoms with Crippen molar-refractivity contribution >= 4 is 11.4 Å². The van der Waals surface area contributed by atoms with Crippen LogP contribution in [0, 0.1) is 0 Å². The Morgan fingerprint density at radius 1 is 1.33 bits per heavy atom. The van der Waals surface area contributed by atoms with E-state index in [9.17, 15) is 0 Å². The molecule has 1 heterocycles. The molecule has 1 saturated heterocycles. The second kappa shape index (κ2) is 4.11. The Labute approximate surface area is 91.5 Å². The van der Waals surface area contributed by atoms with Gasteiger partial charge in [0, 0.05) is 19.1 Å². The molecule has 1 aliphatic heterocycles. The number of anilines is 2. The Bertz CT molecular complexity index is 335. The number of rotatable bonds is 2. The van der Waals surface area contributed by atoms with Crippen molar-refractivity contribution in [3.05, 3.63) is 24.3 Å². The highest BCUT2D eigenvalue weighted by Gasteiger charge is 2.24. The third-order valence-electron chi connectivity index (χ3n) is 3.17. The SMILES string of the molecule is CN(C)C1CCN(c2ccccc2N)C1. The Morgan fingerprint density at radius 3 is 2.67 bits per heavy atom. The van der Waals surface area contributed by atoms with Gasteiger partial charge in [-0.05, 0) is 32.6 Å². The van der Waals surface area contributed by atoms with E-state index >= 15 is 0 Å². The van der Waals surface area contributed by atoms with Gasteiger partial charge in [0.1, 0.15) is 0 Å². The summed E-state index contributed by atoms with van der Waals surface area (Å²) >= 11 is 0. The van der Waals surface area contributed by atoms with Gasteiger partial charge < -0.3 is 15.5 Å². The zero-order valence-corrected chi connectivity index (χ0v) is 9.48. The van der Waals surface area contributed by atoms with Gasteiger partial charge in [0.15, 0.2) is 0 Å². The predicted octanol–water partition coefficient (Wildman–Crippen LogP) is 1.41. The molecule has 2 rings (SSSR count). The van der Waals surface area contributed by atoms with E-state index < -0.39 is 0 Å². The van der Waals surface area contributed by atoms with Gasteiger partial charge in [-0.3, -0.25) is 0 Å². The summed E-state index contributed by atoms with van der Waals surface area (Å²) in [5, 5.41) is 0. The fourth-order valence-corrected chi connectivity index (χ4v) is 2.16. The van der Waals surface area contributed by atoms with Crippen LogP contribution in [0.1, 0.15) is 6.42 Å². The third-order valence-corrected chi connectivity index (χ3v) is 3.17. The van der Waals surface area contributed by atoms with Crippen LogP contribution in [0.3, 0.4) is 0 Å². The van der Waals surface area contributed by atoms with Crippen molar-refractivity contribution in [3.63, 3.8) is 0 Å². The molecule has 0 radical (unpaired) electrons. The van der Waals surface area contributed by atoms with Crippen molar-refractivity contribution in [1.82, 2.24) is 4.90 Å². The fourth-order valence-electron chi connectivity index (χ4n) is 2.16. The summed E-state index contributed by atoms with van der Waals surface area (Å²) in [5.41, 5.74) is 8.03. The minimum absolute atomic E-state index is 0.657. The van der Waals surface area contributed by atoms with Gasteiger partial charge >= 0.3 is 0 Å². The first kappa shape index (κ1) is 10.3. The molecule has 0 amide bonds. The number of hydrogen-bond acceptors (Lipinski definition) is 3. The zero-order valence-electron chi connectivity index (χ0n) is 9.48. The number of hydrogen-bond donors (Lipinski definition) is 1. The number of nitrogen functional groups attached to an aromatic ring is 1. The van der Waals surface area contributed by atoms with Crippen LogP contribution in [-0.4, -0.2) is 38.1 Å². The Balaban J connectivity index is 2.11. The highest BCUT2D eigenvalue weighted by atomic mass is 15.2. The number of likely N-dealkylation sites (N-methyl/N-ethyl adjacent to an activating group) is 1. The summed E-state index contributed by atoms with van der Waals surface area (Å²) in [6, 6.07) is 8.77. The summed E-state index contributed by atoms with van der Waals surface area (Å²) in [7, 11) is 4.28. The summed E-state index contributed by atoms with van der Waals surface area (Å²) in [6.07, 6.45) is 1.22. The van der Waals surface area contributed by atoms with E-state index in [1.807, 2.05) is 12.1 Å². The predicted molar refractivity (Wildman–Crippen MR) is 65.2 cm³/mol.